The van der Waals surface area contributed by atoms with Crippen LogP contribution in [0.3, 0.4) is 0 Å². The zero-order valence-corrected chi connectivity index (χ0v) is 15.7. The Balaban J connectivity index is 1.67. The lowest BCUT2D eigenvalue weighted by molar-refractivity contribution is -0.705. The number of fused-ring (bicyclic) bond motifs is 1. The zero-order chi connectivity index (χ0) is 18.5. The lowest BCUT2D eigenvalue weighted by atomic mass is 9.95. The number of benzene rings is 1. The van der Waals surface area contributed by atoms with E-state index in [4.69, 9.17) is 9.47 Å². The van der Waals surface area contributed by atoms with Crippen LogP contribution in [-0.4, -0.2) is 19.1 Å². The molecular weight excluding hydrogens is 328 g/mol. The van der Waals surface area contributed by atoms with Crippen LogP contribution in [0.25, 0.3) is 0 Å². The number of nitrogens with zero attached hydrogens (tertiary/aromatic N) is 1. The van der Waals surface area contributed by atoms with Gasteiger partial charge in [-0.2, -0.15) is 4.57 Å². The van der Waals surface area contributed by atoms with E-state index >= 15 is 0 Å². The molecule has 1 aliphatic heterocycles. The van der Waals surface area contributed by atoms with Gasteiger partial charge in [0.2, 0.25) is 6.04 Å². The minimum atomic E-state index is -0.307. The van der Waals surface area contributed by atoms with Gasteiger partial charge in [0.05, 0.1) is 0 Å². The lowest BCUT2D eigenvalue weighted by Crippen LogP contribution is -2.44. The van der Waals surface area contributed by atoms with Crippen LogP contribution in [0.15, 0.2) is 42.7 Å². The van der Waals surface area contributed by atoms with Crippen molar-refractivity contribution in [3.8, 4) is 11.5 Å². The first-order valence-electron chi connectivity index (χ1n) is 9.33. The Morgan fingerprint density at radius 2 is 1.73 bits per heavy atom. The summed E-state index contributed by atoms with van der Waals surface area (Å²) in [6.45, 7) is 7.39. The average Bonchev–Trinajstić information content (AvgIpc) is 2.69. The summed E-state index contributed by atoms with van der Waals surface area (Å²) in [4.78, 5) is 12.6. The Morgan fingerprint density at radius 1 is 1.08 bits per heavy atom. The number of carbonyl (C=O) groups is 1. The van der Waals surface area contributed by atoms with Gasteiger partial charge in [0.1, 0.15) is 13.2 Å². The first kappa shape index (κ1) is 18.2. The van der Waals surface area contributed by atoms with Crippen molar-refractivity contribution in [2.24, 2.45) is 0 Å². The number of hydrogen-bond donors (Lipinski definition) is 1. The molecule has 1 aliphatic rings. The molecule has 0 aliphatic carbocycles. The maximum Gasteiger partial charge on any atom is 0.293 e. The molecule has 0 spiro atoms. The highest BCUT2D eigenvalue weighted by Crippen LogP contribution is 2.32. The minimum Gasteiger partial charge on any atom is -0.486 e. The molecule has 1 amide bonds. The Hall–Kier alpha value is -2.56. The molecule has 0 radical (unpaired) electrons. The third-order valence-corrected chi connectivity index (χ3v) is 4.97. The summed E-state index contributed by atoms with van der Waals surface area (Å²) in [5.41, 5.74) is 2.03. The van der Waals surface area contributed by atoms with Gasteiger partial charge in [0.25, 0.3) is 5.91 Å². The van der Waals surface area contributed by atoms with Gasteiger partial charge in [-0.05, 0) is 36.5 Å². The molecule has 1 aromatic carbocycles. The topological polar surface area (TPSA) is 51.4 Å². The molecule has 0 unspecified atom stereocenters. The maximum atomic E-state index is 12.6. The molecule has 0 saturated carbocycles. The van der Waals surface area contributed by atoms with Crippen LogP contribution in [0.2, 0.25) is 0 Å². The average molecular weight is 355 g/mol. The molecule has 138 valence electrons. The van der Waals surface area contributed by atoms with Crippen molar-refractivity contribution in [1.82, 2.24) is 0 Å². The van der Waals surface area contributed by atoms with Gasteiger partial charge in [0.15, 0.2) is 23.9 Å². The van der Waals surface area contributed by atoms with E-state index in [1.807, 2.05) is 36.0 Å². The Labute approximate surface area is 155 Å². The molecule has 0 fully saturated rings. The van der Waals surface area contributed by atoms with Crippen molar-refractivity contribution in [3.05, 3.63) is 48.3 Å². The number of hydrogen-bond acceptors (Lipinski definition) is 3. The summed E-state index contributed by atoms with van der Waals surface area (Å²) in [6, 6.07) is 9.39. The summed E-state index contributed by atoms with van der Waals surface area (Å²) in [6.07, 6.45) is 6.23. The van der Waals surface area contributed by atoms with Crippen LogP contribution in [-0.2, 0) is 4.79 Å². The number of amides is 1. The van der Waals surface area contributed by atoms with Crippen molar-refractivity contribution in [3.63, 3.8) is 0 Å². The van der Waals surface area contributed by atoms with Crippen LogP contribution in [0.5, 0.6) is 11.5 Å². The Kier molecular flexibility index (Phi) is 5.76. The first-order chi connectivity index (χ1) is 12.6. The fraction of sp³-hybridized carbons (Fsp3) is 0.429. The van der Waals surface area contributed by atoms with Crippen LogP contribution in [0.4, 0.5) is 5.69 Å². The van der Waals surface area contributed by atoms with Crippen molar-refractivity contribution < 1.29 is 18.8 Å². The largest absolute Gasteiger partial charge is 0.486 e. The molecule has 26 heavy (non-hydrogen) atoms. The Bertz CT molecular complexity index is 754. The molecule has 3 rings (SSSR count). The van der Waals surface area contributed by atoms with Gasteiger partial charge in [-0.25, -0.2) is 0 Å². The standard InChI is InChI=1S/C21H26N2O3/c1-4-16(5-2)17-8-10-23(11-9-17)15(3)21(24)22-18-6-7-19-20(14-18)26-13-12-25-19/h6-11,14-16H,4-5,12-13H2,1-3H3/p+1/t15-/m1/s1. The van der Waals surface area contributed by atoms with Crippen molar-refractivity contribution >= 4 is 11.6 Å². The van der Waals surface area contributed by atoms with Crippen molar-refractivity contribution in [2.75, 3.05) is 18.5 Å². The van der Waals surface area contributed by atoms with E-state index in [1.54, 1.807) is 6.07 Å². The van der Waals surface area contributed by atoms with E-state index in [0.717, 1.165) is 12.8 Å². The fourth-order valence-corrected chi connectivity index (χ4v) is 3.24. The van der Waals surface area contributed by atoms with Gasteiger partial charge in [0, 0.05) is 30.8 Å². The van der Waals surface area contributed by atoms with E-state index in [9.17, 15) is 4.79 Å². The number of anilines is 1. The molecule has 0 bridgehead atoms. The highest BCUT2D eigenvalue weighted by Gasteiger charge is 2.23. The number of pyridine rings is 1. The van der Waals surface area contributed by atoms with Gasteiger partial charge >= 0.3 is 0 Å². The normalized spacial score (nSPS) is 14.2. The van der Waals surface area contributed by atoms with Gasteiger partial charge in [-0.3, -0.25) is 4.79 Å². The quantitative estimate of drug-likeness (QED) is 0.801. The van der Waals surface area contributed by atoms with Crippen molar-refractivity contribution in [1.29, 1.82) is 0 Å². The molecule has 1 atom stereocenters. The van der Waals surface area contributed by atoms with Crippen molar-refractivity contribution in [2.45, 2.75) is 45.6 Å². The monoisotopic (exact) mass is 355 g/mol. The highest BCUT2D eigenvalue weighted by molar-refractivity contribution is 5.92. The minimum absolute atomic E-state index is 0.0676. The summed E-state index contributed by atoms with van der Waals surface area (Å²) in [5.74, 6) is 1.89. The van der Waals surface area contributed by atoms with Crippen LogP contribution in [0.1, 0.15) is 51.1 Å². The van der Waals surface area contributed by atoms with Crippen LogP contribution < -0.4 is 19.4 Å². The molecule has 2 heterocycles. The van der Waals surface area contributed by atoms with Gasteiger partial charge in [-0.1, -0.05) is 13.8 Å². The zero-order valence-electron chi connectivity index (χ0n) is 15.7. The van der Waals surface area contributed by atoms with E-state index in [0.29, 0.717) is 36.3 Å². The second-order valence-corrected chi connectivity index (χ2v) is 6.62. The number of rotatable bonds is 6. The van der Waals surface area contributed by atoms with E-state index in [-0.39, 0.29) is 11.9 Å². The predicted molar refractivity (Wildman–Crippen MR) is 101 cm³/mol. The third kappa shape index (κ3) is 3.98. The number of carbonyl (C=O) groups excluding carboxylic acids is 1. The van der Waals surface area contributed by atoms with E-state index in [2.05, 4.69) is 31.3 Å². The molecule has 5 heteroatoms. The second-order valence-electron chi connectivity index (χ2n) is 6.62. The van der Waals surface area contributed by atoms with Gasteiger partial charge in [-0.15, -0.1) is 0 Å². The summed E-state index contributed by atoms with van der Waals surface area (Å²) < 4.78 is 13.0. The molecule has 5 nitrogen and oxygen atoms in total. The molecule has 0 saturated heterocycles. The van der Waals surface area contributed by atoms with Crippen LogP contribution >= 0.6 is 0 Å². The summed E-state index contributed by atoms with van der Waals surface area (Å²) >= 11 is 0. The third-order valence-electron chi connectivity index (χ3n) is 4.97. The molecule has 1 N–H and O–H groups in total. The number of aromatic nitrogens is 1. The predicted octanol–water partition coefficient (Wildman–Crippen LogP) is 3.85. The van der Waals surface area contributed by atoms with E-state index < -0.39 is 0 Å². The fourth-order valence-electron chi connectivity index (χ4n) is 3.24. The number of ether oxygens (including phenoxy) is 2. The summed E-state index contributed by atoms with van der Waals surface area (Å²) in [5, 5.41) is 2.95. The molecular formula is C21H27N2O3+. The van der Waals surface area contributed by atoms with E-state index in [1.165, 1.54) is 5.56 Å². The van der Waals surface area contributed by atoms with Crippen LogP contribution in [0, 0.1) is 0 Å². The summed E-state index contributed by atoms with van der Waals surface area (Å²) in [7, 11) is 0. The maximum absolute atomic E-state index is 12.6. The number of nitrogens with one attached hydrogen (secondary N) is 1. The SMILES string of the molecule is CCC(CC)c1cc[n+]([C@H](C)C(=O)Nc2ccc3c(c2)OCCO3)cc1. The Morgan fingerprint density at radius 3 is 2.38 bits per heavy atom. The lowest BCUT2D eigenvalue weighted by Gasteiger charge is -2.19. The first-order valence-corrected chi connectivity index (χ1v) is 9.33. The smallest absolute Gasteiger partial charge is 0.293 e. The van der Waals surface area contributed by atoms with Gasteiger partial charge < -0.3 is 14.8 Å². The second kappa shape index (κ2) is 8.21. The molecule has 2 aromatic rings. The molecule has 1 aromatic heterocycles. The highest BCUT2D eigenvalue weighted by atomic mass is 16.6.